The summed E-state index contributed by atoms with van der Waals surface area (Å²) < 4.78 is 33.1. The minimum atomic E-state index is -3.70. The zero-order chi connectivity index (χ0) is 21.3. The lowest BCUT2D eigenvalue weighted by Crippen LogP contribution is -2.63. The number of ketones is 1. The van der Waals surface area contributed by atoms with Crippen LogP contribution >= 0.6 is 0 Å². The van der Waals surface area contributed by atoms with Gasteiger partial charge in [0, 0.05) is 42.4 Å². The van der Waals surface area contributed by atoms with Gasteiger partial charge in [-0.3, -0.25) is 4.79 Å². The largest absolute Gasteiger partial charge is 0.497 e. The molecule has 5 rings (SSSR count). The number of benzene rings is 1. The highest BCUT2D eigenvalue weighted by molar-refractivity contribution is 7.89. The Balaban J connectivity index is 1.52. The maximum atomic E-state index is 13.2. The highest BCUT2D eigenvalue weighted by Crippen LogP contribution is 2.55. The summed E-state index contributed by atoms with van der Waals surface area (Å²) in [6, 6.07) is 6.46. The lowest BCUT2D eigenvalue weighted by molar-refractivity contribution is -0.120. The smallest absolute Gasteiger partial charge is 0.243 e. The van der Waals surface area contributed by atoms with Gasteiger partial charge in [-0.05, 0) is 24.0 Å². The molecule has 1 N–H and O–H groups in total. The van der Waals surface area contributed by atoms with E-state index in [9.17, 15) is 13.2 Å². The third-order valence-corrected chi connectivity index (χ3v) is 8.25. The molecule has 1 aliphatic carbocycles. The quantitative estimate of drug-likeness (QED) is 0.798. The predicted octanol–water partition coefficient (Wildman–Crippen LogP) is 2.61. The van der Waals surface area contributed by atoms with Crippen molar-refractivity contribution in [1.82, 2.24) is 9.62 Å². The molecule has 1 spiro atoms. The van der Waals surface area contributed by atoms with Crippen LogP contribution in [0.2, 0.25) is 0 Å². The molecule has 0 saturated carbocycles. The number of dihydropyridines is 1. The van der Waals surface area contributed by atoms with Crippen LogP contribution in [0.4, 0.5) is 0 Å². The number of sulfonamides is 1. The number of allylic oxidation sites excluding steroid dienone is 1. The topological polar surface area (TPSA) is 100 Å². The molecule has 3 aliphatic heterocycles. The summed E-state index contributed by atoms with van der Waals surface area (Å²) in [5, 5.41) is 11.7. The van der Waals surface area contributed by atoms with Gasteiger partial charge >= 0.3 is 0 Å². The number of Topliss-reactive ketones (excluding diaryl/α,β-unsaturated/α-hetero) is 1. The summed E-state index contributed by atoms with van der Waals surface area (Å²) in [6.45, 7) is 4.99. The highest BCUT2D eigenvalue weighted by atomic mass is 32.2. The maximum Gasteiger partial charge on any atom is 0.243 e. The van der Waals surface area contributed by atoms with Gasteiger partial charge in [-0.1, -0.05) is 19.9 Å². The Labute approximate surface area is 175 Å². The minimum absolute atomic E-state index is 0.0885. The SMILES string of the molecule is COc1cccc(S(=O)(=O)N2CC3(C2)C2=C(N=NC2)NC2=C3C(=O)CC(C)(C)C2)c1. The van der Waals surface area contributed by atoms with Gasteiger partial charge in [0.25, 0.3) is 0 Å². The van der Waals surface area contributed by atoms with E-state index in [1.807, 2.05) is 0 Å². The van der Waals surface area contributed by atoms with Crippen molar-refractivity contribution in [2.24, 2.45) is 21.1 Å². The first-order chi connectivity index (χ1) is 14.2. The van der Waals surface area contributed by atoms with Gasteiger partial charge in [-0.2, -0.15) is 9.42 Å². The molecule has 158 valence electrons. The molecule has 0 unspecified atom stereocenters. The van der Waals surface area contributed by atoms with Crippen molar-refractivity contribution in [3.8, 4) is 5.75 Å². The molecule has 4 aliphatic rings. The number of carbonyl (C=O) groups is 1. The Hall–Kier alpha value is -2.52. The van der Waals surface area contributed by atoms with Gasteiger partial charge in [0.1, 0.15) is 5.75 Å². The number of hydrogen-bond acceptors (Lipinski definition) is 7. The standard InChI is InChI=1S/C21H24N4O4S/c1-20(2)8-16-18(17(26)9-20)21(15-10-22-24-19(15)23-16)11-25(12-21)30(27,28)14-6-4-5-13(7-14)29-3/h4-7,23H,8-12H2,1-3H3. The van der Waals surface area contributed by atoms with Crippen LogP contribution in [-0.2, 0) is 14.8 Å². The molecule has 0 atom stereocenters. The Morgan fingerprint density at radius 1 is 1.20 bits per heavy atom. The van der Waals surface area contributed by atoms with Gasteiger partial charge in [-0.25, -0.2) is 8.42 Å². The Kier molecular flexibility index (Phi) is 4.05. The Morgan fingerprint density at radius 3 is 2.70 bits per heavy atom. The number of ether oxygens (including phenoxy) is 1. The van der Waals surface area contributed by atoms with Crippen LogP contribution in [0.5, 0.6) is 5.75 Å². The summed E-state index contributed by atoms with van der Waals surface area (Å²) in [7, 11) is -2.20. The molecular weight excluding hydrogens is 404 g/mol. The predicted molar refractivity (Wildman–Crippen MR) is 109 cm³/mol. The van der Waals surface area contributed by atoms with E-state index < -0.39 is 15.4 Å². The molecule has 0 bridgehead atoms. The van der Waals surface area contributed by atoms with Crippen LogP contribution in [0.15, 0.2) is 62.1 Å². The number of carbonyl (C=O) groups excluding carboxylic acids is 1. The summed E-state index contributed by atoms with van der Waals surface area (Å²) in [5.41, 5.74) is 1.73. The zero-order valence-electron chi connectivity index (χ0n) is 17.2. The number of fused-ring (bicyclic) bond motifs is 2. The van der Waals surface area contributed by atoms with Gasteiger partial charge in [0.2, 0.25) is 10.0 Å². The number of nitrogens with one attached hydrogen (secondary N) is 1. The Bertz CT molecular complexity index is 1160. The van der Waals surface area contributed by atoms with Crippen molar-refractivity contribution in [3.63, 3.8) is 0 Å². The molecule has 30 heavy (non-hydrogen) atoms. The van der Waals surface area contributed by atoms with Crippen molar-refractivity contribution in [2.45, 2.75) is 31.6 Å². The van der Waals surface area contributed by atoms with Gasteiger partial charge in [0.05, 0.1) is 24.0 Å². The molecule has 0 aromatic heterocycles. The van der Waals surface area contributed by atoms with E-state index in [-0.39, 0.29) is 29.2 Å². The number of methoxy groups -OCH3 is 1. The second kappa shape index (κ2) is 6.24. The molecule has 1 saturated heterocycles. The van der Waals surface area contributed by atoms with E-state index in [1.165, 1.54) is 17.5 Å². The van der Waals surface area contributed by atoms with E-state index in [0.717, 1.165) is 23.3 Å². The van der Waals surface area contributed by atoms with Crippen molar-refractivity contribution in [2.75, 3.05) is 26.7 Å². The highest BCUT2D eigenvalue weighted by Gasteiger charge is 2.59. The van der Waals surface area contributed by atoms with Crippen LogP contribution in [0.3, 0.4) is 0 Å². The summed E-state index contributed by atoms with van der Waals surface area (Å²) >= 11 is 0. The monoisotopic (exact) mass is 428 g/mol. The maximum absolute atomic E-state index is 13.2. The molecule has 9 heteroatoms. The average Bonchev–Trinajstić information content (AvgIpc) is 3.11. The minimum Gasteiger partial charge on any atom is -0.497 e. The van der Waals surface area contributed by atoms with Gasteiger partial charge < -0.3 is 10.1 Å². The summed E-state index contributed by atoms with van der Waals surface area (Å²) in [6.07, 6.45) is 1.18. The van der Waals surface area contributed by atoms with Crippen LogP contribution < -0.4 is 10.1 Å². The average molecular weight is 429 g/mol. The van der Waals surface area contributed by atoms with E-state index in [1.54, 1.807) is 18.2 Å². The summed E-state index contributed by atoms with van der Waals surface area (Å²) in [4.78, 5) is 13.4. The van der Waals surface area contributed by atoms with Crippen LogP contribution in [-0.4, -0.2) is 45.3 Å². The number of rotatable bonds is 3. The first kappa shape index (κ1) is 19.4. The molecular formula is C21H24N4O4S. The fourth-order valence-corrected chi connectivity index (χ4v) is 6.65. The number of nitrogens with zero attached hydrogens (tertiary/aromatic N) is 3. The number of azo groups is 1. The van der Waals surface area contributed by atoms with E-state index in [4.69, 9.17) is 4.74 Å². The van der Waals surface area contributed by atoms with E-state index in [0.29, 0.717) is 24.5 Å². The number of hydrogen-bond donors (Lipinski definition) is 1. The van der Waals surface area contributed by atoms with Gasteiger partial charge in [-0.15, -0.1) is 5.11 Å². The zero-order valence-corrected chi connectivity index (χ0v) is 18.0. The second-order valence-electron chi connectivity index (χ2n) is 9.18. The normalized spacial score (nSPS) is 24.4. The van der Waals surface area contributed by atoms with Crippen molar-refractivity contribution in [3.05, 3.63) is 46.9 Å². The third-order valence-electron chi connectivity index (χ3n) is 6.46. The van der Waals surface area contributed by atoms with E-state index in [2.05, 4.69) is 29.4 Å². The lowest BCUT2D eigenvalue weighted by Gasteiger charge is -2.54. The molecule has 1 aromatic rings. The van der Waals surface area contributed by atoms with Crippen LogP contribution in [0, 0.1) is 10.8 Å². The molecule has 3 heterocycles. The van der Waals surface area contributed by atoms with Gasteiger partial charge in [0.15, 0.2) is 11.6 Å². The molecule has 0 radical (unpaired) electrons. The van der Waals surface area contributed by atoms with Crippen molar-refractivity contribution < 1.29 is 17.9 Å². The van der Waals surface area contributed by atoms with Crippen molar-refractivity contribution >= 4 is 15.8 Å². The lowest BCUT2D eigenvalue weighted by atomic mass is 9.60. The van der Waals surface area contributed by atoms with E-state index >= 15 is 0 Å². The molecule has 1 fully saturated rings. The Morgan fingerprint density at radius 2 is 1.97 bits per heavy atom. The molecule has 0 amide bonds. The van der Waals surface area contributed by atoms with Crippen LogP contribution in [0.1, 0.15) is 26.7 Å². The fraction of sp³-hybridized carbons (Fsp3) is 0.476. The fourth-order valence-electron chi connectivity index (χ4n) is 5.05. The third kappa shape index (κ3) is 2.68. The first-order valence-corrected chi connectivity index (χ1v) is 11.4. The summed E-state index contributed by atoms with van der Waals surface area (Å²) in [5.74, 6) is 1.25. The van der Waals surface area contributed by atoms with Crippen LogP contribution in [0.25, 0.3) is 0 Å². The first-order valence-electron chi connectivity index (χ1n) is 9.96. The molecule has 8 nitrogen and oxygen atoms in total. The second-order valence-corrected chi connectivity index (χ2v) is 11.1. The molecule has 1 aromatic carbocycles. The van der Waals surface area contributed by atoms with Crippen molar-refractivity contribution in [1.29, 1.82) is 0 Å².